The number of ether oxygens (including phenoxy) is 1. The van der Waals surface area contributed by atoms with Crippen molar-refractivity contribution in [1.82, 2.24) is 0 Å². The van der Waals surface area contributed by atoms with Crippen LogP contribution in [-0.2, 0) is 4.74 Å². The molecule has 1 aliphatic heterocycles. The Labute approximate surface area is 106 Å². The van der Waals surface area contributed by atoms with Gasteiger partial charge in [-0.15, -0.1) is 0 Å². The van der Waals surface area contributed by atoms with Crippen LogP contribution in [0.3, 0.4) is 0 Å². The second kappa shape index (κ2) is 4.59. The van der Waals surface area contributed by atoms with Crippen molar-refractivity contribution >= 4 is 0 Å². The van der Waals surface area contributed by atoms with Gasteiger partial charge in [-0.2, -0.15) is 0 Å². The maximum atomic E-state index is 10.2. The standard InChI is InChI=1S/C15H16O3/c16-13-11-8-4-5-9-12(11)18-15(14(13)17)10-6-2-1-3-7-10/h1-7,9,11,13-17H,8H2. The van der Waals surface area contributed by atoms with Crippen molar-refractivity contribution in [2.75, 3.05) is 0 Å². The first-order valence-corrected chi connectivity index (χ1v) is 6.22. The Balaban J connectivity index is 1.92. The highest BCUT2D eigenvalue weighted by atomic mass is 16.5. The zero-order chi connectivity index (χ0) is 12.5. The van der Waals surface area contributed by atoms with Crippen LogP contribution in [0.25, 0.3) is 0 Å². The molecule has 18 heavy (non-hydrogen) atoms. The van der Waals surface area contributed by atoms with Crippen LogP contribution in [0.4, 0.5) is 0 Å². The van der Waals surface area contributed by atoms with Crippen LogP contribution in [0, 0.1) is 5.92 Å². The summed E-state index contributed by atoms with van der Waals surface area (Å²) in [7, 11) is 0. The van der Waals surface area contributed by atoms with Gasteiger partial charge in [-0.1, -0.05) is 42.5 Å². The molecule has 1 aromatic carbocycles. The maximum absolute atomic E-state index is 10.2. The fraction of sp³-hybridized carbons (Fsp3) is 0.333. The predicted octanol–water partition coefficient (Wildman–Crippen LogP) is 1.94. The van der Waals surface area contributed by atoms with Crippen molar-refractivity contribution < 1.29 is 14.9 Å². The number of fused-ring (bicyclic) bond motifs is 1. The molecule has 1 heterocycles. The highest BCUT2D eigenvalue weighted by Gasteiger charge is 2.42. The Morgan fingerprint density at radius 2 is 1.83 bits per heavy atom. The van der Waals surface area contributed by atoms with Gasteiger partial charge in [-0.05, 0) is 18.1 Å². The average Bonchev–Trinajstić information content (AvgIpc) is 2.44. The summed E-state index contributed by atoms with van der Waals surface area (Å²) in [4.78, 5) is 0. The van der Waals surface area contributed by atoms with Crippen molar-refractivity contribution in [2.24, 2.45) is 5.92 Å². The molecule has 0 saturated carbocycles. The lowest BCUT2D eigenvalue weighted by atomic mass is 9.83. The summed E-state index contributed by atoms with van der Waals surface area (Å²) < 4.78 is 5.86. The van der Waals surface area contributed by atoms with Gasteiger partial charge >= 0.3 is 0 Å². The third-order valence-electron chi connectivity index (χ3n) is 3.62. The molecule has 94 valence electrons. The molecule has 1 saturated heterocycles. The van der Waals surface area contributed by atoms with Gasteiger partial charge in [0.1, 0.15) is 11.9 Å². The molecule has 3 rings (SSSR count). The van der Waals surface area contributed by atoms with E-state index in [4.69, 9.17) is 4.74 Å². The molecule has 3 nitrogen and oxygen atoms in total. The Morgan fingerprint density at radius 1 is 1.06 bits per heavy atom. The van der Waals surface area contributed by atoms with Crippen LogP contribution in [-0.4, -0.2) is 22.4 Å². The molecule has 0 amide bonds. The second-order valence-electron chi connectivity index (χ2n) is 4.77. The Hall–Kier alpha value is -1.58. The molecule has 2 aliphatic rings. The largest absolute Gasteiger partial charge is 0.487 e. The summed E-state index contributed by atoms with van der Waals surface area (Å²) >= 11 is 0. The minimum atomic E-state index is -0.888. The number of hydrogen-bond donors (Lipinski definition) is 2. The molecule has 3 heteroatoms. The first-order valence-electron chi connectivity index (χ1n) is 6.22. The van der Waals surface area contributed by atoms with E-state index in [9.17, 15) is 10.2 Å². The minimum Gasteiger partial charge on any atom is -0.487 e. The number of aliphatic hydroxyl groups is 2. The first kappa shape index (κ1) is 11.5. The fourth-order valence-electron chi connectivity index (χ4n) is 2.60. The average molecular weight is 244 g/mol. The zero-order valence-electron chi connectivity index (χ0n) is 9.94. The molecule has 0 bridgehead atoms. The highest BCUT2D eigenvalue weighted by molar-refractivity contribution is 5.26. The predicted molar refractivity (Wildman–Crippen MR) is 67.6 cm³/mol. The first-order chi connectivity index (χ1) is 8.77. The van der Waals surface area contributed by atoms with E-state index in [1.807, 2.05) is 48.6 Å². The quantitative estimate of drug-likeness (QED) is 0.793. The minimum absolute atomic E-state index is 0.120. The Morgan fingerprint density at radius 3 is 2.61 bits per heavy atom. The van der Waals surface area contributed by atoms with Gasteiger partial charge in [0.15, 0.2) is 6.10 Å². The van der Waals surface area contributed by atoms with E-state index in [1.54, 1.807) is 0 Å². The summed E-state index contributed by atoms with van der Waals surface area (Å²) in [6.07, 6.45) is 4.34. The summed E-state index contributed by atoms with van der Waals surface area (Å²) in [5.74, 6) is 0.647. The van der Waals surface area contributed by atoms with E-state index < -0.39 is 18.3 Å². The van der Waals surface area contributed by atoms with E-state index in [2.05, 4.69) is 0 Å². The van der Waals surface area contributed by atoms with Gasteiger partial charge in [0.2, 0.25) is 0 Å². The molecular formula is C15H16O3. The summed E-state index contributed by atoms with van der Waals surface area (Å²) in [5.41, 5.74) is 0.887. The molecule has 4 atom stereocenters. The molecule has 0 spiro atoms. The van der Waals surface area contributed by atoms with Crippen LogP contribution in [0.5, 0.6) is 0 Å². The third kappa shape index (κ3) is 1.85. The Kier molecular flexibility index (Phi) is 2.94. The molecule has 1 aromatic rings. The van der Waals surface area contributed by atoms with Crippen molar-refractivity contribution in [2.45, 2.75) is 24.7 Å². The zero-order valence-corrected chi connectivity index (χ0v) is 9.94. The number of allylic oxidation sites excluding steroid dienone is 3. The lowest BCUT2D eigenvalue weighted by Crippen LogP contribution is -2.45. The van der Waals surface area contributed by atoms with E-state index in [-0.39, 0.29) is 5.92 Å². The molecule has 0 radical (unpaired) electrons. The number of hydrogen-bond acceptors (Lipinski definition) is 3. The van der Waals surface area contributed by atoms with Crippen LogP contribution >= 0.6 is 0 Å². The summed E-state index contributed by atoms with van der Waals surface area (Å²) in [6.45, 7) is 0. The van der Waals surface area contributed by atoms with Crippen molar-refractivity contribution in [3.8, 4) is 0 Å². The number of rotatable bonds is 1. The van der Waals surface area contributed by atoms with E-state index >= 15 is 0 Å². The lowest BCUT2D eigenvalue weighted by Gasteiger charge is -2.40. The van der Waals surface area contributed by atoms with Gasteiger partial charge in [0.05, 0.1) is 6.10 Å². The Bertz CT molecular complexity index is 478. The fourth-order valence-corrected chi connectivity index (χ4v) is 2.60. The molecule has 2 N–H and O–H groups in total. The van der Waals surface area contributed by atoms with Crippen molar-refractivity contribution in [3.63, 3.8) is 0 Å². The maximum Gasteiger partial charge on any atom is 0.152 e. The second-order valence-corrected chi connectivity index (χ2v) is 4.77. The molecular weight excluding hydrogens is 228 g/mol. The van der Waals surface area contributed by atoms with Crippen LogP contribution in [0.15, 0.2) is 54.3 Å². The highest BCUT2D eigenvalue weighted by Crippen LogP contribution is 2.40. The van der Waals surface area contributed by atoms with Crippen molar-refractivity contribution in [1.29, 1.82) is 0 Å². The van der Waals surface area contributed by atoms with Crippen molar-refractivity contribution in [3.05, 3.63) is 59.9 Å². The number of aliphatic hydroxyl groups excluding tert-OH is 2. The van der Waals surface area contributed by atoms with Crippen LogP contribution < -0.4 is 0 Å². The molecule has 4 unspecified atom stereocenters. The van der Waals surface area contributed by atoms with Crippen LogP contribution in [0.1, 0.15) is 18.1 Å². The van der Waals surface area contributed by atoms with Gasteiger partial charge in [-0.3, -0.25) is 0 Å². The van der Waals surface area contributed by atoms with E-state index in [1.165, 1.54) is 0 Å². The van der Waals surface area contributed by atoms with Crippen LogP contribution in [0.2, 0.25) is 0 Å². The molecule has 1 aliphatic carbocycles. The normalized spacial score (nSPS) is 34.4. The van der Waals surface area contributed by atoms with Gasteiger partial charge < -0.3 is 14.9 Å². The lowest BCUT2D eigenvalue weighted by molar-refractivity contribution is -0.134. The van der Waals surface area contributed by atoms with Gasteiger partial charge in [0, 0.05) is 5.92 Å². The topological polar surface area (TPSA) is 49.7 Å². The smallest absolute Gasteiger partial charge is 0.152 e. The van der Waals surface area contributed by atoms with Gasteiger partial charge in [-0.25, -0.2) is 0 Å². The van der Waals surface area contributed by atoms with E-state index in [0.717, 1.165) is 11.3 Å². The SMILES string of the molecule is OC1C2CC=CC=C2OC(c2ccccc2)C1O. The summed E-state index contributed by atoms with van der Waals surface area (Å²) in [6, 6.07) is 9.53. The monoisotopic (exact) mass is 244 g/mol. The molecule has 0 aromatic heterocycles. The van der Waals surface area contributed by atoms with E-state index in [0.29, 0.717) is 6.42 Å². The molecule has 1 fully saturated rings. The number of benzene rings is 1. The van der Waals surface area contributed by atoms with Gasteiger partial charge in [0.25, 0.3) is 0 Å². The third-order valence-corrected chi connectivity index (χ3v) is 3.62. The summed E-state index contributed by atoms with van der Waals surface area (Å²) in [5, 5.41) is 20.4.